The number of hydrogen-bond acceptors (Lipinski definition) is 10. The molecular formula is C31H43N3O8S. The van der Waals surface area contributed by atoms with Crippen LogP contribution in [0.5, 0.6) is 5.88 Å². The molecule has 2 aromatic rings. The van der Waals surface area contributed by atoms with Crippen LogP contribution in [0.15, 0.2) is 41.3 Å². The van der Waals surface area contributed by atoms with Gasteiger partial charge in [-0.05, 0) is 62.3 Å². The van der Waals surface area contributed by atoms with Crippen LogP contribution < -0.4 is 15.0 Å². The van der Waals surface area contributed by atoms with E-state index in [1.165, 1.54) is 0 Å². The molecule has 0 radical (unpaired) electrons. The second-order valence-corrected chi connectivity index (χ2v) is 12.3. The predicted molar refractivity (Wildman–Crippen MR) is 161 cm³/mol. The first-order chi connectivity index (χ1) is 20.7. The van der Waals surface area contributed by atoms with Crippen molar-refractivity contribution in [3.8, 4) is 5.88 Å². The number of ether oxygens (including phenoxy) is 3. The maximum Gasteiger partial charge on any atom is 0.331 e. The fraction of sp³-hybridized carbons (Fsp3) is 0.581. The van der Waals surface area contributed by atoms with Gasteiger partial charge in [0, 0.05) is 33.2 Å². The number of aromatic nitrogens is 1. The van der Waals surface area contributed by atoms with E-state index in [-0.39, 0.29) is 43.5 Å². The minimum Gasteiger partial charge on any atom is -0.476 e. The van der Waals surface area contributed by atoms with Gasteiger partial charge < -0.3 is 29.5 Å². The van der Waals surface area contributed by atoms with Gasteiger partial charge in [0.05, 0.1) is 30.8 Å². The number of aryl methyl sites for hydroxylation is 1. The highest BCUT2D eigenvalue weighted by Gasteiger charge is 2.40. The maximum atomic E-state index is 13.4. The van der Waals surface area contributed by atoms with Crippen molar-refractivity contribution in [2.75, 3.05) is 51.5 Å². The number of amides is 1. The van der Waals surface area contributed by atoms with Crippen LogP contribution in [0.2, 0.25) is 0 Å². The Hall–Kier alpha value is -3.06. The molecular weight excluding hydrogens is 574 g/mol. The highest BCUT2D eigenvalue weighted by molar-refractivity contribution is 7.80. The average molecular weight is 618 g/mol. The summed E-state index contributed by atoms with van der Waals surface area (Å²) in [5.41, 5.74) is 0.723. The average Bonchev–Trinajstić information content (AvgIpc) is 3.77. The number of nitrogens with zero attached hydrogens (tertiary/aromatic N) is 2. The third-order valence-electron chi connectivity index (χ3n) is 8.21. The predicted octanol–water partition coefficient (Wildman–Crippen LogP) is 3.19. The number of aliphatic hydroxyl groups is 1. The van der Waals surface area contributed by atoms with Crippen molar-refractivity contribution in [1.82, 2.24) is 10.3 Å². The lowest BCUT2D eigenvalue weighted by molar-refractivity contribution is -0.152. The van der Waals surface area contributed by atoms with Crippen LogP contribution in [0.4, 0.5) is 5.69 Å². The van der Waals surface area contributed by atoms with E-state index in [1.54, 1.807) is 31.4 Å². The Balaban J connectivity index is 1.34. The summed E-state index contributed by atoms with van der Waals surface area (Å²) in [6.45, 7) is 7.69. The minimum absolute atomic E-state index is 0.0563. The van der Waals surface area contributed by atoms with Crippen molar-refractivity contribution in [2.45, 2.75) is 63.0 Å². The van der Waals surface area contributed by atoms with Crippen molar-refractivity contribution < 1.29 is 37.3 Å². The monoisotopic (exact) mass is 617 g/mol. The Kier molecular flexibility index (Phi) is 11.5. The molecule has 2 aliphatic rings. The van der Waals surface area contributed by atoms with Crippen molar-refractivity contribution in [2.24, 2.45) is 11.8 Å². The number of anilines is 1. The molecule has 3 atom stereocenters. The lowest BCUT2D eigenvalue weighted by Gasteiger charge is -2.40. The summed E-state index contributed by atoms with van der Waals surface area (Å²) in [5, 5.41) is 12.3. The molecule has 0 bridgehead atoms. The number of pyridine rings is 1. The van der Waals surface area contributed by atoms with Crippen LogP contribution >= 0.6 is 0 Å². The van der Waals surface area contributed by atoms with Gasteiger partial charge in [0.1, 0.15) is 16.9 Å². The van der Waals surface area contributed by atoms with E-state index in [2.05, 4.69) is 15.2 Å². The SMILES string of the molecule is CCC(CC)(NC(=O)c1ccc(N2CC(OC)C2)c(OC[C@H]2C[C@@H]2CO)n1)C(=O)OCCCOS(=O)c1ccc(C)cc1. The van der Waals surface area contributed by atoms with Gasteiger partial charge in [-0.25, -0.2) is 14.0 Å². The van der Waals surface area contributed by atoms with E-state index < -0.39 is 28.5 Å². The molecule has 2 fully saturated rings. The third-order valence-corrected chi connectivity index (χ3v) is 9.25. The van der Waals surface area contributed by atoms with E-state index in [1.807, 2.05) is 32.9 Å². The smallest absolute Gasteiger partial charge is 0.331 e. The van der Waals surface area contributed by atoms with Gasteiger partial charge in [-0.2, -0.15) is 0 Å². The summed E-state index contributed by atoms with van der Waals surface area (Å²) in [6, 6.07) is 10.7. The fourth-order valence-electron chi connectivity index (χ4n) is 4.88. The van der Waals surface area contributed by atoms with Crippen LogP contribution in [0.25, 0.3) is 0 Å². The molecule has 1 aliphatic carbocycles. The number of carbonyl (C=O) groups excluding carboxylic acids is 2. The van der Waals surface area contributed by atoms with Gasteiger partial charge in [0.2, 0.25) is 5.88 Å². The molecule has 1 amide bonds. The molecule has 1 aromatic heterocycles. The molecule has 2 N–H and O–H groups in total. The lowest BCUT2D eigenvalue weighted by Crippen LogP contribution is -2.54. The van der Waals surface area contributed by atoms with Gasteiger partial charge >= 0.3 is 5.97 Å². The van der Waals surface area contributed by atoms with Crippen LogP contribution in [0.1, 0.15) is 55.6 Å². The number of nitrogens with one attached hydrogen (secondary N) is 1. The van der Waals surface area contributed by atoms with Crippen LogP contribution in [0, 0.1) is 18.8 Å². The summed E-state index contributed by atoms with van der Waals surface area (Å²) in [5.74, 6) is -0.217. The van der Waals surface area contributed by atoms with Crippen molar-refractivity contribution in [1.29, 1.82) is 0 Å². The molecule has 1 saturated heterocycles. The quantitative estimate of drug-likeness (QED) is 0.201. The second-order valence-electron chi connectivity index (χ2n) is 11.1. The minimum atomic E-state index is -1.60. The molecule has 4 rings (SSSR count). The van der Waals surface area contributed by atoms with Crippen LogP contribution in [-0.2, 0) is 29.5 Å². The molecule has 0 spiro atoms. The van der Waals surface area contributed by atoms with E-state index in [4.69, 9.17) is 18.4 Å². The number of methoxy groups -OCH3 is 1. The van der Waals surface area contributed by atoms with Gasteiger partial charge in [0.15, 0.2) is 11.1 Å². The van der Waals surface area contributed by atoms with Crippen molar-refractivity contribution >= 4 is 28.6 Å². The summed E-state index contributed by atoms with van der Waals surface area (Å²) in [6.07, 6.45) is 2.01. The molecule has 11 nitrogen and oxygen atoms in total. The molecule has 43 heavy (non-hydrogen) atoms. The molecule has 1 aliphatic heterocycles. The van der Waals surface area contributed by atoms with Gasteiger partial charge in [-0.1, -0.05) is 31.5 Å². The first kappa shape index (κ1) is 32.8. The summed E-state index contributed by atoms with van der Waals surface area (Å²) >= 11 is -1.60. The van der Waals surface area contributed by atoms with Gasteiger partial charge in [-0.3, -0.25) is 8.98 Å². The van der Waals surface area contributed by atoms with E-state index in [0.717, 1.165) is 17.7 Å². The van der Waals surface area contributed by atoms with Gasteiger partial charge in [-0.15, -0.1) is 0 Å². The number of rotatable bonds is 17. The lowest BCUT2D eigenvalue weighted by atomic mass is 9.92. The standard InChI is InChI=1S/C31H43N3O8S/c1-5-31(6-2,30(37)40-14-7-15-42-43(38)25-10-8-21(3)9-11-25)33-28(36)26-12-13-27(34-17-24(18-34)39-4)29(32-26)41-20-23-16-22(23)19-35/h8-13,22-24,35H,5-7,14-20H2,1-4H3,(H,33,36)/t22-,23-,43?/m1/s1. The Labute approximate surface area is 255 Å². The number of aliphatic hydroxyl groups excluding tert-OH is 1. The zero-order valence-corrected chi connectivity index (χ0v) is 26.2. The van der Waals surface area contributed by atoms with E-state index >= 15 is 0 Å². The Morgan fingerprint density at radius 2 is 1.81 bits per heavy atom. The largest absolute Gasteiger partial charge is 0.476 e. The summed E-state index contributed by atoms with van der Waals surface area (Å²) in [7, 11) is 1.68. The number of hydrogen-bond donors (Lipinski definition) is 2. The molecule has 236 valence electrons. The number of esters is 1. The third kappa shape index (κ3) is 8.31. The molecule has 12 heteroatoms. The van der Waals surface area contributed by atoms with E-state index in [0.29, 0.717) is 49.7 Å². The fourth-order valence-corrected chi connectivity index (χ4v) is 5.64. The normalized spacial score (nSPS) is 19.0. The van der Waals surface area contributed by atoms with Crippen LogP contribution in [0.3, 0.4) is 0 Å². The molecule has 1 unspecified atom stereocenters. The van der Waals surface area contributed by atoms with Crippen molar-refractivity contribution in [3.63, 3.8) is 0 Å². The van der Waals surface area contributed by atoms with Crippen molar-refractivity contribution in [3.05, 3.63) is 47.7 Å². The summed E-state index contributed by atoms with van der Waals surface area (Å²) < 4.78 is 34.7. The molecule has 1 saturated carbocycles. The maximum absolute atomic E-state index is 13.4. The molecule has 1 aromatic carbocycles. The van der Waals surface area contributed by atoms with Gasteiger partial charge in [0.25, 0.3) is 5.91 Å². The Morgan fingerprint density at radius 1 is 1.09 bits per heavy atom. The van der Waals surface area contributed by atoms with E-state index in [9.17, 15) is 18.9 Å². The molecule has 2 heterocycles. The Bertz CT molecular complexity index is 1260. The first-order valence-corrected chi connectivity index (χ1v) is 15.9. The topological polar surface area (TPSA) is 137 Å². The Morgan fingerprint density at radius 3 is 2.44 bits per heavy atom. The number of carbonyl (C=O) groups is 2. The first-order valence-electron chi connectivity index (χ1n) is 14.9. The highest BCUT2D eigenvalue weighted by Crippen LogP contribution is 2.39. The second kappa shape index (κ2) is 15.1. The highest BCUT2D eigenvalue weighted by atomic mass is 32.2. The number of benzene rings is 1. The van der Waals surface area contributed by atoms with Crippen LogP contribution in [-0.4, -0.2) is 84.4 Å². The zero-order chi connectivity index (χ0) is 31.0. The zero-order valence-electron chi connectivity index (χ0n) is 25.4. The summed E-state index contributed by atoms with van der Waals surface area (Å²) in [4.78, 5) is 33.8.